The number of rotatable bonds is 1. The highest BCUT2D eigenvalue weighted by molar-refractivity contribution is 6.24. The highest BCUT2D eigenvalue weighted by atomic mass is 16.2. The van der Waals surface area contributed by atoms with Crippen molar-refractivity contribution in [1.82, 2.24) is 5.32 Å². The van der Waals surface area contributed by atoms with E-state index < -0.39 is 11.0 Å². The van der Waals surface area contributed by atoms with Gasteiger partial charge in [-0.25, -0.2) is 0 Å². The number of anilines is 1. The van der Waals surface area contributed by atoms with Crippen LogP contribution in [0.1, 0.15) is 40.2 Å². The molecule has 0 aromatic heterocycles. The van der Waals surface area contributed by atoms with Crippen LogP contribution in [0.4, 0.5) is 5.69 Å². The van der Waals surface area contributed by atoms with Crippen molar-refractivity contribution < 1.29 is 9.59 Å². The summed E-state index contributed by atoms with van der Waals surface area (Å²) in [5.41, 5.74) is 4.86. The highest BCUT2D eigenvalue weighted by Gasteiger charge is 2.61. The van der Waals surface area contributed by atoms with Gasteiger partial charge in [0.15, 0.2) is 0 Å². The van der Waals surface area contributed by atoms with E-state index in [2.05, 4.69) is 64.0 Å². The van der Waals surface area contributed by atoms with Crippen LogP contribution in [-0.2, 0) is 9.59 Å². The summed E-state index contributed by atoms with van der Waals surface area (Å²) in [6.07, 6.45) is 0. The maximum atomic E-state index is 12.7. The molecule has 2 amide bonds. The molecule has 1 atom stereocenters. The van der Waals surface area contributed by atoms with Crippen LogP contribution < -0.4 is 10.2 Å². The van der Waals surface area contributed by atoms with Gasteiger partial charge in [-0.2, -0.15) is 0 Å². The molecule has 0 bridgehead atoms. The molecule has 1 aliphatic carbocycles. The lowest BCUT2D eigenvalue weighted by atomic mass is 9.58. The second-order valence-electron chi connectivity index (χ2n) is 8.25. The van der Waals surface area contributed by atoms with Gasteiger partial charge in [0, 0.05) is 29.3 Å². The number of fused-ring (bicyclic) bond motifs is 3. The van der Waals surface area contributed by atoms with E-state index in [4.69, 9.17) is 0 Å². The summed E-state index contributed by atoms with van der Waals surface area (Å²) < 4.78 is 0. The first kappa shape index (κ1) is 16.1. The standard InChI is InChI=1S/C21H24N2O2/c1-11(2)14-15-17(19(25)22-18(15)24)20(3,4)21(5)16(14)12-9-7-8-10-13(12)23(21)6/h7-11H,1-6H3,(H,22,24,25)/t21-/m1/s1. The van der Waals surface area contributed by atoms with Gasteiger partial charge < -0.3 is 4.90 Å². The smallest absolute Gasteiger partial charge is 0.258 e. The number of imide groups is 1. The van der Waals surface area contributed by atoms with E-state index >= 15 is 0 Å². The summed E-state index contributed by atoms with van der Waals surface area (Å²) in [6, 6.07) is 8.33. The fourth-order valence-corrected chi connectivity index (χ4v) is 5.04. The zero-order valence-electron chi connectivity index (χ0n) is 15.7. The van der Waals surface area contributed by atoms with Crippen molar-refractivity contribution in [2.45, 2.75) is 40.2 Å². The Hall–Kier alpha value is -2.36. The van der Waals surface area contributed by atoms with Crippen LogP contribution in [0.25, 0.3) is 5.57 Å². The van der Waals surface area contributed by atoms with Crippen molar-refractivity contribution in [3.8, 4) is 0 Å². The molecule has 4 rings (SSSR count). The molecular weight excluding hydrogens is 312 g/mol. The molecule has 0 saturated carbocycles. The largest absolute Gasteiger partial charge is 0.364 e. The summed E-state index contributed by atoms with van der Waals surface area (Å²) in [4.78, 5) is 27.6. The Morgan fingerprint density at radius 3 is 2.28 bits per heavy atom. The third-order valence-electron chi connectivity index (χ3n) is 6.58. The summed E-state index contributed by atoms with van der Waals surface area (Å²) in [5.74, 6) is -0.349. The number of para-hydroxylation sites is 1. The number of amides is 2. The lowest BCUT2D eigenvalue weighted by Gasteiger charge is -2.51. The lowest BCUT2D eigenvalue weighted by Crippen LogP contribution is -2.56. The Morgan fingerprint density at radius 1 is 1.00 bits per heavy atom. The molecule has 1 aromatic rings. The molecule has 130 valence electrons. The molecule has 4 nitrogen and oxygen atoms in total. The number of benzene rings is 1. The highest BCUT2D eigenvalue weighted by Crippen LogP contribution is 2.62. The SMILES string of the molecule is CC(C)C1=C2c3ccccc3N(C)[C@@]2(C)C(C)(C)C2=C1C(=O)NC2=O. The molecule has 1 aromatic carbocycles. The molecule has 0 spiro atoms. The zero-order chi connectivity index (χ0) is 18.3. The summed E-state index contributed by atoms with van der Waals surface area (Å²) in [6.45, 7) is 10.6. The van der Waals surface area contributed by atoms with Gasteiger partial charge in [0.2, 0.25) is 0 Å². The van der Waals surface area contributed by atoms with Crippen LogP contribution in [-0.4, -0.2) is 24.4 Å². The van der Waals surface area contributed by atoms with Crippen molar-refractivity contribution in [1.29, 1.82) is 0 Å². The van der Waals surface area contributed by atoms with Crippen molar-refractivity contribution in [2.24, 2.45) is 11.3 Å². The fraction of sp³-hybridized carbons (Fsp3) is 0.429. The minimum absolute atomic E-state index is 0.145. The average Bonchev–Trinajstić information content (AvgIpc) is 2.96. The number of hydrogen-bond donors (Lipinski definition) is 1. The minimum Gasteiger partial charge on any atom is -0.364 e. The molecule has 4 heteroatoms. The Labute approximate surface area is 148 Å². The first-order valence-electron chi connectivity index (χ1n) is 8.82. The van der Waals surface area contributed by atoms with E-state index in [1.807, 2.05) is 12.1 Å². The van der Waals surface area contributed by atoms with Gasteiger partial charge >= 0.3 is 0 Å². The first-order valence-corrected chi connectivity index (χ1v) is 8.82. The predicted molar refractivity (Wildman–Crippen MR) is 99.0 cm³/mol. The van der Waals surface area contributed by atoms with Crippen LogP contribution in [0.15, 0.2) is 41.0 Å². The average molecular weight is 336 g/mol. The molecule has 0 saturated heterocycles. The topological polar surface area (TPSA) is 49.4 Å². The normalized spacial score (nSPS) is 26.9. The first-order chi connectivity index (χ1) is 11.6. The van der Waals surface area contributed by atoms with E-state index in [-0.39, 0.29) is 17.7 Å². The van der Waals surface area contributed by atoms with Crippen LogP contribution in [0.3, 0.4) is 0 Å². The summed E-state index contributed by atoms with van der Waals surface area (Å²) in [7, 11) is 2.09. The number of carbonyl (C=O) groups is 2. The Kier molecular flexibility index (Phi) is 2.98. The molecular formula is C21H24N2O2. The van der Waals surface area contributed by atoms with Gasteiger partial charge in [0.1, 0.15) is 0 Å². The monoisotopic (exact) mass is 336 g/mol. The Balaban J connectivity index is 2.19. The van der Waals surface area contributed by atoms with E-state index in [1.54, 1.807) is 0 Å². The fourth-order valence-electron chi connectivity index (χ4n) is 5.04. The summed E-state index contributed by atoms with van der Waals surface area (Å²) >= 11 is 0. The van der Waals surface area contributed by atoms with Crippen LogP contribution >= 0.6 is 0 Å². The van der Waals surface area contributed by atoms with Crippen molar-refractivity contribution in [3.63, 3.8) is 0 Å². The maximum absolute atomic E-state index is 12.7. The van der Waals surface area contributed by atoms with Gasteiger partial charge in [-0.05, 0) is 30.1 Å². The summed E-state index contributed by atoms with van der Waals surface area (Å²) in [5, 5.41) is 2.54. The predicted octanol–water partition coefficient (Wildman–Crippen LogP) is 3.30. The van der Waals surface area contributed by atoms with E-state index in [9.17, 15) is 9.59 Å². The van der Waals surface area contributed by atoms with E-state index in [0.29, 0.717) is 11.1 Å². The van der Waals surface area contributed by atoms with Crippen molar-refractivity contribution >= 4 is 23.1 Å². The second kappa shape index (κ2) is 4.63. The van der Waals surface area contributed by atoms with Gasteiger partial charge in [-0.1, -0.05) is 45.9 Å². The molecule has 0 fully saturated rings. The van der Waals surface area contributed by atoms with Crippen molar-refractivity contribution in [2.75, 3.05) is 11.9 Å². The van der Waals surface area contributed by atoms with Gasteiger partial charge in [0.25, 0.3) is 11.8 Å². The lowest BCUT2D eigenvalue weighted by molar-refractivity contribution is -0.124. The number of nitrogens with zero attached hydrogens (tertiary/aromatic N) is 1. The third-order valence-corrected chi connectivity index (χ3v) is 6.58. The Morgan fingerprint density at radius 2 is 1.64 bits per heavy atom. The quantitative estimate of drug-likeness (QED) is 0.801. The minimum atomic E-state index is -0.500. The molecule has 2 aliphatic heterocycles. The van der Waals surface area contributed by atoms with E-state index in [0.717, 1.165) is 11.3 Å². The molecule has 1 N–H and O–H groups in total. The van der Waals surface area contributed by atoms with Crippen molar-refractivity contribution in [3.05, 3.63) is 46.5 Å². The maximum Gasteiger partial charge on any atom is 0.258 e. The van der Waals surface area contributed by atoms with Crippen LogP contribution in [0, 0.1) is 11.3 Å². The third kappa shape index (κ3) is 1.63. The van der Waals surface area contributed by atoms with Crippen LogP contribution in [0.5, 0.6) is 0 Å². The zero-order valence-corrected chi connectivity index (χ0v) is 15.7. The molecule has 0 radical (unpaired) electrons. The van der Waals surface area contributed by atoms with Gasteiger partial charge in [-0.3, -0.25) is 14.9 Å². The second-order valence-corrected chi connectivity index (χ2v) is 8.25. The Bertz CT molecular complexity index is 904. The number of carbonyl (C=O) groups excluding carboxylic acids is 2. The van der Waals surface area contributed by atoms with Gasteiger partial charge in [0.05, 0.1) is 11.1 Å². The van der Waals surface area contributed by atoms with Crippen LogP contribution in [0.2, 0.25) is 0 Å². The van der Waals surface area contributed by atoms with E-state index in [1.165, 1.54) is 11.1 Å². The van der Waals surface area contributed by atoms with Gasteiger partial charge in [-0.15, -0.1) is 0 Å². The molecule has 3 aliphatic rings. The molecule has 2 heterocycles. The number of hydrogen-bond acceptors (Lipinski definition) is 3. The number of nitrogens with one attached hydrogen (secondary N) is 1. The number of likely N-dealkylation sites (N-methyl/N-ethyl adjacent to an activating group) is 1. The molecule has 0 unspecified atom stereocenters. The molecule has 25 heavy (non-hydrogen) atoms.